The van der Waals surface area contributed by atoms with E-state index in [0.717, 1.165) is 25.9 Å². The van der Waals surface area contributed by atoms with Crippen molar-refractivity contribution >= 4 is 46.9 Å². The first kappa shape index (κ1) is 40.1. The molecule has 300 valence electrons. The summed E-state index contributed by atoms with van der Waals surface area (Å²) in [5.41, 5.74) is 1.86. The van der Waals surface area contributed by atoms with Crippen LogP contribution in [0.25, 0.3) is 0 Å². The lowest BCUT2D eigenvalue weighted by Crippen LogP contribution is -2.53. The van der Waals surface area contributed by atoms with Gasteiger partial charge in [0.05, 0.1) is 26.5 Å². The van der Waals surface area contributed by atoms with Gasteiger partial charge in [-0.2, -0.15) is 4.73 Å². The Kier molecular flexibility index (Phi) is 12.4. The van der Waals surface area contributed by atoms with E-state index in [0.29, 0.717) is 58.9 Å². The van der Waals surface area contributed by atoms with Crippen LogP contribution in [-0.2, 0) is 27.2 Å². The number of pyridine rings is 1. The lowest BCUT2D eigenvalue weighted by molar-refractivity contribution is -0.605. The summed E-state index contributed by atoms with van der Waals surface area (Å²) in [6.45, 7) is 2.85. The number of esters is 1. The number of likely N-dealkylation sites (tertiary alicyclic amines) is 1. The van der Waals surface area contributed by atoms with Crippen LogP contribution >= 0.6 is 23.2 Å². The molecular formula is C42H43Cl2FN4O8. The Morgan fingerprint density at radius 1 is 0.930 bits per heavy atom. The standard InChI is InChI=1S/C42H43Cl2FN4O8/c1-54-36-13-12-28(20-38(36)55-2)37(21-30-31(43)23-47(53)24-32(30)44)56-41(51)35-11-6-16-48(35)40(50)29-8-5-7-26(19-29)22-49(34-10-4-3-9-33(34)45)42(52)57-39-25-46-17-14-27(39)15-18-46/h3-5,7-10,12-13,19-20,23-24,27,35,37,39H,6,11,14-18,21-22,25H2,1-2H3/t35-,37-,39-/m0/s1. The zero-order valence-electron chi connectivity index (χ0n) is 31.6. The molecule has 3 aromatic carbocycles. The zero-order chi connectivity index (χ0) is 40.2. The third-order valence-corrected chi connectivity index (χ3v) is 11.6. The molecule has 2 amide bonds. The number of anilines is 1. The van der Waals surface area contributed by atoms with E-state index in [4.69, 9.17) is 42.1 Å². The number of para-hydroxylation sites is 1. The minimum atomic E-state index is -0.944. The molecule has 8 rings (SSSR count). The number of hydrogen-bond donors (Lipinski definition) is 0. The first-order valence-electron chi connectivity index (χ1n) is 18.9. The Morgan fingerprint density at radius 2 is 1.67 bits per heavy atom. The molecule has 4 aromatic rings. The Morgan fingerprint density at radius 3 is 2.35 bits per heavy atom. The number of ether oxygens (including phenoxy) is 4. The Labute approximate surface area is 340 Å². The zero-order valence-corrected chi connectivity index (χ0v) is 33.1. The van der Waals surface area contributed by atoms with Crippen molar-refractivity contribution in [3.8, 4) is 11.5 Å². The van der Waals surface area contributed by atoms with Crippen molar-refractivity contribution in [3.63, 3.8) is 0 Å². The maximum Gasteiger partial charge on any atom is 0.415 e. The number of piperidine rings is 3. The van der Waals surface area contributed by atoms with E-state index in [1.807, 2.05) is 0 Å². The number of methoxy groups -OCH3 is 2. The molecule has 4 aliphatic heterocycles. The van der Waals surface area contributed by atoms with Crippen LogP contribution in [0.2, 0.25) is 10.0 Å². The fourth-order valence-electron chi connectivity index (χ4n) is 7.97. The molecule has 0 radical (unpaired) electrons. The van der Waals surface area contributed by atoms with Gasteiger partial charge in [-0.15, -0.1) is 0 Å². The highest BCUT2D eigenvalue weighted by Crippen LogP contribution is 2.37. The summed E-state index contributed by atoms with van der Waals surface area (Å²) < 4.78 is 38.8. The molecule has 3 atom stereocenters. The minimum Gasteiger partial charge on any atom is -0.619 e. The molecule has 0 aliphatic carbocycles. The number of halogens is 3. The molecule has 4 fully saturated rings. The Bertz CT molecular complexity index is 2110. The van der Waals surface area contributed by atoms with Crippen LogP contribution in [0.1, 0.15) is 58.8 Å². The molecule has 0 saturated carbocycles. The minimum absolute atomic E-state index is 0.0169. The second kappa shape index (κ2) is 17.6. The van der Waals surface area contributed by atoms with E-state index in [9.17, 15) is 19.6 Å². The lowest BCUT2D eigenvalue weighted by atomic mass is 9.86. The van der Waals surface area contributed by atoms with Crippen molar-refractivity contribution in [3.05, 3.63) is 122 Å². The summed E-state index contributed by atoms with van der Waals surface area (Å²) in [7, 11) is 2.99. The maximum absolute atomic E-state index is 15.2. The number of carbonyl (C=O) groups is 3. The predicted octanol–water partition coefficient (Wildman–Crippen LogP) is 7.15. The van der Waals surface area contributed by atoms with Crippen LogP contribution in [0.5, 0.6) is 11.5 Å². The van der Waals surface area contributed by atoms with Crippen molar-refractivity contribution in [2.75, 3.05) is 45.3 Å². The van der Waals surface area contributed by atoms with Crippen LogP contribution in [0.4, 0.5) is 14.9 Å². The van der Waals surface area contributed by atoms with E-state index in [-0.39, 0.29) is 46.3 Å². The number of hydrogen-bond acceptors (Lipinski definition) is 9. The SMILES string of the molecule is COc1ccc([C@H](Cc2c(Cl)c[n+]([O-])cc2Cl)OC(=O)[C@@H]2CCCN2C(=O)c2cccc(CN(C(=O)O[C@H]3CN4CCC3CC4)c3ccccc3F)c2)cc1OC. The number of nitrogens with zero attached hydrogens (tertiary/aromatic N) is 4. The smallest absolute Gasteiger partial charge is 0.415 e. The van der Waals surface area contributed by atoms with E-state index in [1.165, 1.54) is 48.5 Å². The number of fused-ring (bicyclic) bond motifs is 3. The van der Waals surface area contributed by atoms with E-state index in [2.05, 4.69) is 4.90 Å². The molecule has 0 N–H and O–H groups in total. The molecule has 5 heterocycles. The summed E-state index contributed by atoms with van der Waals surface area (Å²) in [6.07, 6.45) is 3.27. The van der Waals surface area contributed by atoms with E-state index in [1.54, 1.807) is 54.6 Å². The van der Waals surface area contributed by atoms with Crippen molar-refractivity contribution in [2.45, 2.75) is 56.9 Å². The molecule has 57 heavy (non-hydrogen) atoms. The molecule has 12 nitrogen and oxygen atoms in total. The van der Waals surface area contributed by atoms with Gasteiger partial charge in [0, 0.05) is 30.6 Å². The van der Waals surface area contributed by atoms with Gasteiger partial charge in [0.1, 0.15) is 34.1 Å². The highest BCUT2D eigenvalue weighted by atomic mass is 35.5. The van der Waals surface area contributed by atoms with Crippen molar-refractivity contribution in [2.24, 2.45) is 5.92 Å². The van der Waals surface area contributed by atoms with Crippen molar-refractivity contribution in [1.82, 2.24) is 9.80 Å². The van der Waals surface area contributed by atoms with Crippen molar-refractivity contribution < 1.29 is 42.5 Å². The fraction of sp³-hybridized carbons (Fsp3) is 0.381. The summed E-state index contributed by atoms with van der Waals surface area (Å²) in [4.78, 5) is 47.0. The third-order valence-electron chi connectivity index (χ3n) is 11.0. The van der Waals surface area contributed by atoms with Crippen molar-refractivity contribution in [1.29, 1.82) is 0 Å². The first-order valence-corrected chi connectivity index (χ1v) is 19.6. The van der Waals surface area contributed by atoms with Crippen LogP contribution in [0.3, 0.4) is 0 Å². The van der Waals surface area contributed by atoms with Gasteiger partial charge in [-0.05, 0) is 92.2 Å². The van der Waals surface area contributed by atoms with Gasteiger partial charge >= 0.3 is 12.1 Å². The molecule has 15 heteroatoms. The molecular weight excluding hydrogens is 778 g/mol. The normalized spacial score (nSPS) is 20.5. The van der Waals surface area contributed by atoms with Crippen LogP contribution < -0.4 is 19.1 Å². The average molecular weight is 822 g/mol. The highest BCUT2D eigenvalue weighted by Gasteiger charge is 2.39. The number of rotatable bonds is 12. The fourth-order valence-corrected chi connectivity index (χ4v) is 8.57. The van der Waals surface area contributed by atoms with Gasteiger partial charge < -0.3 is 29.1 Å². The van der Waals surface area contributed by atoms with Crippen LogP contribution in [0, 0.1) is 16.9 Å². The second-order valence-corrected chi connectivity index (χ2v) is 15.3. The number of aromatic nitrogens is 1. The summed E-state index contributed by atoms with van der Waals surface area (Å²) >= 11 is 12.9. The average Bonchev–Trinajstić information content (AvgIpc) is 3.71. The molecule has 0 unspecified atom stereocenters. The van der Waals surface area contributed by atoms with Gasteiger partial charge in [0.2, 0.25) is 0 Å². The Balaban J connectivity index is 1.10. The quantitative estimate of drug-likeness (QED) is 0.0833. The molecule has 4 saturated heterocycles. The van der Waals surface area contributed by atoms with E-state index < -0.39 is 35.9 Å². The first-order chi connectivity index (χ1) is 27.5. The lowest BCUT2D eigenvalue weighted by Gasteiger charge is -2.44. The van der Waals surface area contributed by atoms with Crippen LogP contribution in [0.15, 0.2) is 79.1 Å². The van der Waals surface area contributed by atoms with Gasteiger partial charge in [0.25, 0.3) is 5.91 Å². The van der Waals surface area contributed by atoms with Gasteiger partial charge in [-0.25, -0.2) is 14.0 Å². The predicted molar refractivity (Wildman–Crippen MR) is 210 cm³/mol. The molecule has 1 aromatic heterocycles. The van der Waals surface area contributed by atoms with Crippen LogP contribution in [-0.4, -0.2) is 80.3 Å². The summed E-state index contributed by atoms with van der Waals surface area (Å²) in [5, 5.41) is 12.2. The monoisotopic (exact) mass is 820 g/mol. The highest BCUT2D eigenvalue weighted by molar-refractivity contribution is 6.35. The van der Waals surface area contributed by atoms with Gasteiger partial charge in [0.15, 0.2) is 23.9 Å². The van der Waals surface area contributed by atoms with Gasteiger partial charge in [-0.1, -0.05) is 53.5 Å². The topological polar surface area (TPSA) is 125 Å². The summed E-state index contributed by atoms with van der Waals surface area (Å²) in [6, 6.07) is 16.9. The van der Waals surface area contributed by atoms with Gasteiger partial charge in [-0.3, -0.25) is 14.6 Å². The number of benzene rings is 3. The molecule has 2 bridgehead atoms. The number of amides is 2. The van der Waals surface area contributed by atoms with E-state index >= 15 is 4.39 Å². The largest absolute Gasteiger partial charge is 0.619 e. The second-order valence-electron chi connectivity index (χ2n) is 14.5. The molecule has 0 spiro atoms. The third kappa shape index (κ3) is 8.90. The number of carbonyl (C=O) groups excluding carboxylic acids is 3. The molecule has 4 aliphatic rings. The summed E-state index contributed by atoms with van der Waals surface area (Å²) in [5.74, 6) is -0.492. The Hall–Kier alpha value is -5.11. The maximum atomic E-state index is 15.2.